The molecule has 3 aromatic rings. The van der Waals surface area contributed by atoms with Crippen LogP contribution in [0.3, 0.4) is 0 Å². The molecule has 10 nitrogen and oxygen atoms in total. The number of carbonyl (C=O) groups is 1. The topological polar surface area (TPSA) is 118 Å². The van der Waals surface area contributed by atoms with E-state index in [4.69, 9.17) is 4.74 Å². The third-order valence-electron chi connectivity index (χ3n) is 8.41. The van der Waals surface area contributed by atoms with Crippen LogP contribution in [-0.4, -0.2) is 52.8 Å². The molecule has 2 atom stereocenters. The lowest BCUT2D eigenvalue weighted by Crippen LogP contribution is -2.50. The number of aromatic nitrogens is 3. The quantitative estimate of drug-likeness (QED) is 0.401. The Hall–Kier alpha value is -3.70. The first kappa shape index (κ1) is 27.5. The second-order valence-corrected chi connectivity index (χ2v) is 12.9. The van der Waals surface area contributed by atoms with E-state index >= 15 is 0 Å². The van der Waals surface area contributed by atoms with Crippen LogP contribution in [0.25, 0.3) is 0 Å². The Labute approximate surface area is 240 Å². The lowest BCUT2D eigenvalue weighted by Gasteiger charge is -2.31. The van der Waals surface area contributed by atoms with E-state index in [2.05, 4.69) is 39.1 Å². The minimum Gasteiger partial charge on any atom is -0.497 e. The van der Waals surface area contributed by atoms with Crippen molar-refractivity contribution < 1.29 is 17.9 Å². The van der Waals surface area contributed by atoms with Gasteiger partial charge in [-0.3, -0.25) is 9.10 Å². The van der Waals surface area contributed by atoms with Gasteiger partial charge in [-0.15, -0.1) is 5.10 Å². The molecule has 3 aliphatic rings. The number of carbonyl (C=O) groups excluding carboxylic acids is 1. The van der Waals surface area contributed by atoms with Gasteiger partial charge in [0.05, 0.1) is 23.7 Å². The molecule has 0 radical (unpaired) electrons. The molecule has 2 N–H and O–H groups in total. The highest BCUT2D eigenvalue weighted by Crippen LogP contribution is 2.33. The molecule has 2 aliphatic carbocycles. The third kappa shape index (κ3) is 5.73. The number of ether oxygens (including phenoxy) is 1. The molecule has 0 saturated heterocycles. The first-order valence-corrected chi connectivity index (χ1v) is 15.8. The Morgan fingerprint density at radius 2 is 1.88 bits per heavy atom. The summed E-state index contributed by atoms with van der Waals surface area (Å²) >= 11 is 0. The van der Waals surface area contributed by atoms with Crippen LogP contribution in [0.15, 0.2) is 66.0 Å². The number of fused-ring (bicyclic) bond motifs is 1. The summed E-state index contributed by atoms with van der Waals surface area (Å²) in [6.45, 7) is 0.893. The number of aryl methyl sites for hydroxylation is 1. The fraction of sp³-hybridized carbons (Fsp3) is 0.433. The number of sulfonamides is 1. The summed E-state index contributed by atoms with van der Waals surface area (Å²) in [5, 5.41) is 15.1. The van der Waals surface area contributed by atoms with Crippen molar-refractivity contribution in [3.63, 3.8) is 0 Å². The van der Waals surface area contributed by atoms with E-state index in [1.165, 1.54) is 74.0 Å². The molecule has 11 heteroatoms. The van der Waals surface area contributed by atoms with E-state index in [0.717, 1.165) is 30.1 Å². The highest BCUT2D eigenvalue weighted by molar-refractivity contribution is 7.89. The Bertz CT molecular complexity index is 1530. The van der Waals surface area contributed by atoms with Crippen LogP contribution >= 0.6 is 0 Å². The molecule has 41 heavy (non-hydrogen) atoms. The summed E-state index contributed by atoms with van der Waals surface area (Å²) in [5.74, 6) is 0.131. The zero-order valence-corrected chi connectivity index (χ0v) is 24.0. The molecule has 0 spiro atoms. The Balaban J connectivity index is 1.18. The van der Waals surface area contributed by atoms with Crippen LogP contribution in [0.2, 0.25) is 0 Å². The maximum absolute atomic E-state index is 13.5. The lowest BCUT2D eigenvalue weighted by molar-refractivity contribution is -0.124. The van der Waals surface area contributed by atoms with Gasteiger partial charge in [-0.05, 0) is 73.1 Å². The van der Waals surface area contributed by atoms with Crippen LogP contribution in [0.4, 0.5) is 0 Å². The second-order valence-electron chi connectivity index (χ2n) is 11.0. The maximum atomic E-state index is 13.5. The average molecular weight is 577 g/mol. The van der Waals surface area contributed by atoms with Crippen LogP contribution in [0, 0.1) is 0 Å². The summed E-state index contributed by atoms with van der Waals surface area (Å²) in [7, 11) is -2.47. The molecule has 1 aliphatic heterocycles. The number of benzene rings is 2. The van der Waals surface area contributed by atoms with E-state index in [0.29, 0.717) is 17.5 Å². The van der Waals surface area contributed by atoms with Gasteiger partial charge in [0.2, 0.25) is 5.91 Å². The standard InChI is InChI=1S/C30H36N6O4S/c1-40-25-10-12-26(13-11-25)41(38,39)36-16-15-31-30(37)29(36)18-24-20-35(34-33-24)28-8-4-5-22-17-21(9-14-27(22)28)19-32-23-6-2-3-7-23/h9-17,20,23,28-29,32H,2-8,18-19H2,1H3,(H,31,37)/t28-,29?/m1/s1. The van der Waals surface area contributed by atoms with Gasteiger partial charge in [-0.2, -0.15) is 0 Å². The summed E-state index contributed by atoms with van der Waals surface area (Å²) in [6, 6.07) is 12.5. The number of rotatable bonds is 9. The smallest absolute Gasteiger partial charge is 0.264 e. The Morgan fingerprint density at radius 3 is 2.66 bits per heavy atom. The number of hydrogen-bond donors (Lipinski definition) is 2. The van der Waals surface area contributed by atoms with E-state index in [-0.39, 0.29) is 17.4 Å². The molecule has 1 fully saturated rings. The number of methoxy groups -OCH3 is 1. The SMILES string of the molecule is COc1ccc(S(=O)(=O)N2C=CNC(=O)C2Cc2cn([C@@H]3CCCc4cc(CNC5CCCC5)ccc43)nn2)cc1. The van der Waals surface area contributed by atoms with Gasteiger partial charge in [-0.25, -0.2) is 13.1 Å². The number of nitrogens with one attached hydrogen (secondary N) is 2. The third-order valence-corrected chi connectivity index (χ3v) is 10.2. The first-order chi connectivity index (χ1) is 19.9. The van der Waals surface area contributed by atoms with Crippen molar-refractivity contribution in [2.24, 2.45) is 0 Å². The predicted molar refractivity (Wildman–Crippen MR) is 153 cm³/mol. The van der Waals surface area contributed by atoms with Crippen LogP contribution in [0.5, 0.6) is 5.75 Å². The highest BCUT2D eigenvalue weighted by atomic mass is 32.2. The van der Waals surface area contributed by atoms with Gasteiger partial charge in [0.1, 0.15) is 11.8 Å². The van der Waals surface area contributed by atoms with E-state index < -0.39 is 22.0 Å². The zero-order chi connectivity index (χ0) is 28.4. The van der Waals surface area contributed by atoms with Crippen molar-refractivity contribution in [1.29, 1.82) is 0 Å². The maximum Gasteiger partial charge on any atom is 0.264 e. The molecular formula is C30H36N6O4S. The number of hydrogen-bond acceptors (Lipinski definition) is 7. The van der Waals surface area contributed by atoms with Crippen LogP contribution in [0.1, 0.15) is 67.0 Å². The Morgan fingerprint density at radius 1 is 1.07 bits per heavy atom. The van der Waals surface area contributed by atoms with E-state index in [1.54, 1.807) is 12.1 Å². The van der Waals surface area contributed by atoms with Gasteiger partial charge in [0, 0.05) is 37.6 Å². The molecule has 1 saturated carbocycles. The van der Waals surface area contributed by atoms with Crippen molar-refractivity contribution >= 4 is 15.9 Å². The molecular weight excluding hydrogens is 540 g/mol. The lowest BCUT2D eigenvalue weighted by atomic mass is 9.86. The predicted octanol–water partition coefficient (Wildman–Crippen LogP) is 3.45. The van der Waals surface area contributed by atoms with Crippen LogP contribution in [-0.2, 0) is 34.2 Å². The molecule has 0 bridgehead atoms. The minimum absolute atomic E-state index is 0.0519. The summed E-state index contributed by atoms with van der Waals surface area (Å²) in [4.78, 5) is 13.0. The molecule has 216 valence electrons. The normalized spacial score (nSPS) is 21.1. The van der Waals surface area contributed by atoms with E-state index in [9.17, 15) is 13.2 Å². The van der Waals surface area contributed by atoms with Gasteiger partial charge >= 0.3 is 0 Å². The van der Waals surface area contributed by atoms with Crippen molar-refractivity contribution in [3.8, 4) is 5.75 Å². The molecule has 1 amide bonds. The molecule has 1 unspecified atom stereocenters. The van der Waals surface area contributed by atoms with Gasteiger partial charge in [-0.1, -0.05) is 36.3 Å². The average Bonchev–Trinajstić information content (AvgIpc) is 3.69. The minimum atomic E-state index is -3.99. The van der Waals surface area contributed by atoms with Crippen LogP contribution < -0.4 is 15.4 Å². The fourth-order valence-electron chi connectivity index (χ4n) is 6.18. The summed E-state index contributed by atoms with van der Waals surface area (Å²) in [5.41, 5.74) is 4.46. The molecule has 1 aromatic heterocycles. The number of amides is 1. The second kappa shape index (κ2) is 11.7. The first-order valence-electron chi connectivity index (χ1n) is 14.3. The molecule has 2 heterocycles. The van der Waals surface area contributed by atoms with Gasteiger partial charge < -0.3 is 15.4 Å². The van der Waals surface area contributed by atoms with Crippen molar-refractivity contribution in [2.75, 3.05) is 7.11 Å². The number of nitrogens with zero attached hydrogens (tertiary/aromatic N) is 4. The largest absolute Gasteiger partial charge is 0.497 e. The molecule has 6 rings (SSSR count). The zero-order valence-electron chi connectivity index (χ0n) is 23.2. The van der Waals surface area contributed by atoms with Crippen molar-refractivity contribution in [1.82, 2.24) is 29.9 Å². The van der Waals surface area contributed by atoms with Crippen molar-refractivity contribution in [3.05, 3.63) is 83.4 Å². The van der Waals surface area contributed by atoms with E-state index in [1.807, 2.05) is 10.9 Å². The fourth-order valence-corrected chi connectivity index (χ4v) is 7.63. The molecule has 2 aromatic carbocycles. The summed E-state index contributed by atoms with van der Waals surface area (Å²) in [6.07, 6.45) is 12.9. The van der Waals surface area contributed by atoms with Gasteiger partial charge in [0.25, 0.3) is 10.0 Å². The monoisotopic (exact) mass is 576 g/mol. The highest BCUT2D eigenvalue weighted by Gasteiger charge is 2.36. The Kier molecular flexibility index (Phi) is 7.81. The van der Waals surface area contributed by atoms with Crippen molar-refractivity contribution in [2.45, 2.75) is 80.9 Å². The van der Waals surface area contributed by atoms with Gasteiger partial charge in [0.15, 0.2) is 0 Å². The summed E-state index contributed by atoms with van der Waals surface area (Å²) < 4.78 is 35.1.